The van der Waals surface area contributed by atoms with Crippen LogP contribution >= 0.6 is 0 Å². The van der Waals surface area contributed by atoms with E-state index in [2.05, 4.69) is 16.3 Å². The van der Waals surface area contributed by atoms with Crippen molar-refractivity contribution in [2.45, 2.75) is 6.61 Å². The fourth-order valence-electron chi connectivity index (χ4n) is 2.98. The molecule has 0 bridgehead atoms. The average Bonchev–Trinajstić information content (AvgIpc) is 3.14. The van der Waals surface area contributed by atoms with Gasteiger partial charge in [0, 0.05) is 13.1 Å². The van der Waals surface area contributed by atoms with E-state index in [1.54, 1.807) is 35.7 Å². The number of para-hydroxylation sites is 1. The number of hydrogen-bond acceptors (Lipinski definition) is 6. The summed E-state index contributed by atoms with van der Waals surface area (Å²) >= 11 is 0. The number of aromatic nitrogens is 4. The first kappa shape index (κ1) is 16.6. The molecule has 4 rings (SSSR count). The molecule has 0 N–H and O–H groups in total. The van der Waals surface area contributed by atoms with Crippen LogP contribution in [0.25, 0.3) is 16.7 Å². The minimum Gasteiger partial charge on any atom is -0.493 e. The summed E-state index contributed by atoms with van der Waals surface area (Å²) in [5.74, 6) is 1.93. The summed E-state index contributed by atoms with van der Waals surface area (Å²) in [6, 6.07) is 14.3. The lowest BCUT2D eigenvalue weighted by Crippen LogP contribution is -2.20. The van der Waals surface area contributed by atoms with Gasteiger partial charge in [-0.05, 0) is 24.3 Å². The van der Waals surface area contributed by atoms with Crippen molar-refractivity contribution in [3.05, 3.63) is 64.2 Å². The van der Waals surface area contributed by atoms with Gasteiger partial charge in [-0.3, -0.25) is 13.8 Å². The maximum atomic E-state index is 12.5. The molecular weight excluding hydrogens is 346 g/mol. The van der Waals surface area contributed by atoms with Crippen molar-refractivity contribution < 1.29 is 9.47 Å². The fraction of sp³-hybridized carbons (Fsp3) is 0.158. The number of hydrogen-bond donors (Lipinski definition) is 0. The molecule has 0 unspecified atom stereocenters. The normalized spacial score (nSPS) is 10.9. The van der Waals surface area contributed by atoms with E-state index in [4.69, 9.17) is 14.7 Å². The van der Waals surface area contributed by atoms with Gasteiger partial charge in [-0.1, -0.05) is 12.1 Å². The largest absolute Gasteiger partial charge is 0.493 e. The Morgan fingerprint density at radius 2 is 1.96 bits per heavy atom. The topological polar surface area (TPSA) is 94.4 Å². The summed E-state index contributed by atoms with van der Waals surface area (Å²) in [7, 11) is 3.17. The standard InChI is InChI=1S/C19H15N5O3/c1-23-18(25)13-5-3-4-6-14(13)24-17(21-22-19(23)24)11-27-15-8-7-12(10-20)9-16(15)26-2/h3-9H,11H2,1-2H3. The van der Waals surface area contributed by atoms with Gasteiger partial charge in [-0.15, -0.1) is 10.2 Å². The molecule has 134 valence electrons. The van der Waals surface area contributed by atoms with Crippen molar-refractivity contribution in [3.8, 4) is 17.6 Å². The Hall–Kier alpha value is -3.86. The Bertz CT molecular complexity index is 1270. The van der Waals surface area contributed by atoms with Gasteiger partial charge >= 0.3 is 0 Å². The van der Waals surface area contributed by atoms with Gasteiger partial charge in [0.1, 0.15) is 6.61 Å². The number of benzene rings is 2. The molecule has 4 aromatic rings. The van der Waals surface area contributed by atoms with Gasteiger partial charge in [0.25, 0.3) is 5.56 Å². The number of aryl methyl sites for hydroxylation is 1. The highest BCUT2D eigenvalue weighted by Crippen LogP contribution is 2.28. The van der Waals surface area contributed by atoms with E-state index in [0.717, 1.165) is 0 Å². The molecule has 0 aliphatic carbocycles. The molecule has 2 aromatic carbocycles. The number of fused-ring (bicyclic) bond motifs is 3. The summed E-state index contributed by atoms with van der Waals surface area (Å²) in [5.41, 5.74) is 1.06. The molecule has 0 aliphatic heterocycles. The van der Waals surface area contributed by atoms with E-state index in [9.17, 15) is 4.79 Å². The van der Waals surface area contributed by atoms with E-state index >= 15 is 0 Å². The van der Waals surface area contributed by atoms with E-state index in [0.29, 0.717) is 39.6 Å². The Balaban J connectivity index is 1.78. The summed E-state index contributed by atoms with van der Waals surface area (Å²) in [4.78, 5) is 12.5. The Morgan fingerprint density at radius 1 is 1.15 bits per heavy atom. The fourth-order valence-corrected chi connectivity index (χ4v) is 2.98. The maximum absolute atomic E-state index is 12.5. The lowest BCUT2D eigenvalue weighted by atomic mass is 10.2. The lowest BCUT2D eigenvalue weighted by molar-refractivity contribution is 0.275. The number of methoxy groups -OCH3 is 1. The Morgan fingerprint density at radius 3 is 2.74 bits per heavy atom. The van der Waals surface area contributed by atoms with Gasteiger partial charge in [0.15, 0.2) is 17.3 Å². The Kier molecular flexibility index (Phi) is 3.97. The van der Waals surface area contributed by atoms with Crippen LogP contribution in [0.3, 0.4) is 0 Å². The second kappa shape index (κ2) is 6.46. The molecule has 0 fully saturated rings. The van der Waals surface area contributed by atoms with Crippen LogP contribution in [0, 0.1) is 11.3 Å². The van der Waals surface area contributed by atoms with Gasteiger partial charge in [-0.25, -0.2) is 0 Å². The highest BCUT2D eigenvalue weighted by Gasteiger charge is 2.15. The third-order valence-electron chi connectivity index (χ3n) is 4.34. The highest BCUT2D eigenvalue weighted by molar-refractivity contribution is 5.80. The van der Waals surface area contributed by atoms with Crippen molar-refractivity contribution in [1.29, 1.82) is 5.26 Å². The lowest BCUT2D eigenvalue weighted by Gasteiger charge is -2.11. The molecule has 0 amide bonds. The van der Waals surface area contributed by atoms with Gasteiger partial charge in [0.2, 0.25) is 5.78 Å². The third kappa shape index (κ3) is 2.66. The van der Waals surface area contributed by atoms with Crippen LogP contribution in [0.4, 0.5) is 0 Å². The number of nitrogens with zero attached hydrogens (tertiary/aromatic N) is 5. The maximum Gasteiger partial charge on any atom is 0.262 e. The van der Waals surface area contributed by atoms with E-state index in [1.807, 2.05) is 18.2 Å². The molecule has 27 heavy (non-hydrogen) atoms. The minimum absolute atomic E-state index is 0.117. The third-order valence-corrected chi connectivity index (χ3v) is 4.34. The molecule has 2 heterocycles. The van der Waals surface area contributed by atoms with Crippen molar-refractivity contribution in [2.75, 3.05) is 7.11 Å². The van der Waals surface area contributed by atoms with Crippen molar-refractivity contribution in [3.63, 3.8) is 0 Å². The molecule has 0 spiro atoms. The van der Waals surface area contributed by atoms with E-state index in [1.165, 1.54) is 11.7 Å². The van der Waals surface area contributed by atoms with Crippen LogP contribution in [0.1, 0.15) is 11.4 Å². The second-order valence-corrected chi connectivity index (χ2v) is 5.90. The quantitative estimate of drug-likeness (QED) is 0.552. The summed E-state index contributed by atoms with van der Waals surface area (Å²) in [6.07, 6.45) is 0. The molecule has 0 radical (unpaired) electrons. The van der Waals surface area contributed by atoms with Gasteiger partial charge < -0.3 is 9.47 Å². The molecule has 8 heteroatoms. The number of rotatable bonds is 4. The van der Waals surface area contributed by atoms with Gasteiger partial charge in [0.05, 0.1) is 29.6 Å². The first-order valence-corrected chi connectivity index (χ1v) is 8.16. The first-order valence-electron chi connectivity index (χ1n) is 8.16. The summed E-state index contributed by atoms with van der Waals surface area (Å²) < 4.78 is 14.4. The average molecular weight is 361 g/mol. The minimum atomic E-state index is -0.133. The van der Waals surface area contributed by atoms with Crippen LogP contribution in [0.5, 0.6) is 11.5 Å². The van der Waals surface area contributed by atoms with Crippen LogP contribution in [0.15, 0.2) is 47.3 Å². The molecule has 0 aliphatic rings. The predicted molar refractivity (Wildman–Crippen MR) is 97.8 cm³/mol. The SMILES string of the molecule is COc1cc(C#N)ccc1OCc1nnc2n(C)c(=O)c3ccccc3n12. The predicted octanol–water partition coefficient (Wildman–Crippen LogP) is 2.04. The number of ether oxygens (including phenoxy) is 2. The monoisotopic (exact) mass is 361 g/mol. The summed E-state index contributed by atoms with van der Waals surface area (Å²) in [5, 5.41) is 17.9. The molecule has 2 aromatic heterocycles. The zero-order valence-electron chi connectivity index (χ0n) is 14.7. The summed E-state index contributed by atoms with van der Waals surface area (Å²) in [6.45, 7) is 0.117. The van der Waals surface area contributed by atoms with Crippen LogP contribution in [-0.2, 0) is 13.7 Å². The van der Waals surface area contributed by atoms with Crippen LogP contribution in [0.2, 0.25) is 0 Å². The molecular formula is C19H15N5O3. The number of nitriles is 1. The van der Waals surface area contributed by atoms with Crippen molar-refractivity contribution in [2.24, 2.45) is 7.05 Å². The zero-order valence-corrected chi connectivity index (χ0v) is 14.7. The van der Waals surface area contributed by atoms with E-state index in [-0.39, 0.29) is 12.2 Å². The molecule has 0 saturated heterocycles. The first-order chi connectivity index (χ1) is 13.1. The zero-order chi connectivity index (χ0) is 19.0. The molecule has 0 atom stereocenters. The van der Waals surface area contributed by atoms with Crippen LogP contribution < -0.4 is 15.0 Å². The van der Waals surface area contributed by atoms with E-state index < -0.39 is 0 Å². The smallest absolute Gasteiger partial charge is 0.262 e. The molecule has 0 saturated carbocycles. The molecule has 8 nitrogen and oxygen atoms in total. The second-order valence-electron chi connectivity index (χ2n) is 5.90. The Labute approximate surface area is 153 Å². The van der Waals surface area contributed by atoms with Crippen molar-refractivity contribution >= 4 is 16.7 Å². The van der Waals surface area contributed by atoms with Crippen molar-refractivity contribution in [1.82, 2.24) is 19.2 Å². The van der Waals surface area contributed by atoms with Gasteiger partial charge in [-0.2, -0.15) is 5.26 Å². The highest BCUT2D eigenvalue weighted by atomic mass is 16.5. The van der Waals surface area contributed by atoms with Crippen LogP contribution in [-0.4, -0.2) is 26.3 Å².